The molecular formula is C16H14N2O2. The minimum atomic E-state index is 0.546. The van der Waals surface area contributed by atoms with Gasteiger partial charge in [-0.1, -0.05) is 12.1 Å². The Morgan fingerprint density at radius 2 is 1.80 bits per heavy atom. The molecule has 0 aliphatic heterocycles. The Balaban J connectivity index is 2.30. The number of para-hydroxylation sites is 1. The molecule has 0 aliphatic carbocycles. The molecule has 0 radical (unpaired) electrons. The van der Waals surface area contributed by atoms with Gasteiger partial charge in [-0.05, 0) is 35.9 Å². The lowest BCUT2D eigenvalue weighted by atomic mass is 10.2. The Kier molecular flexibility index (Phi) is 4.35. The summed E-state index contributed by atoms with van der Waals surface area (Å²) in [6, 6.07) is 14.8. The molecule has 0 bridgehead atoms. The van der Waals surface area contributed by atoms with Crippen molar-refractivity contribution in [3.63, 3.8) is 0 Å². The minimum absolute atomic E-state index is 0.546. The molecule has 0 spiro atoms. The second-order valence-electron chi connectivity index (χ2n) is 4.00. The largest absolute Gasteiger partial charge is 0.493 e. The Morgan fingerprint density at radius 1 is 1.05 bits per heavy atom. The normalized spacial score (nSPS) is 10.2. The van der Waals surface area contributed by atoms with Crippen LogP contribution in [0.15, 0.2) is 47.5 Å². The summed E-state index contributed by atoms with van der Waals surface area (Å²) in [6.07, 6.45) is 1.69. The number of hydrogen-bond acceptors (Lipinski definition) is 4. The fourth-order valence-corrected chi connectivity index (χ4v) is 1.76. The maximum Gasteiger partial charge on any atom is 0.161 e. The highest BCUT2D eigenvalue weighted by Crippen LogP contribution is 2.27. The molecule has 0 amide bonds. The zero-order valence-corrected chi connectivity index (χ0v) is 11.3. The lowest BCUT2D eigenvalue weighted by Gasteiger charge is -2.07. The molecule has 100 valence electrons. The molecule has 0 fully saturated rings. The molecule has 2 rings (SSSR count). The molecule has 2 aromatic carbocycles. The standard InChI is InChI=1S/C16H14N2O2/c1-19-15-8-7-12(9-16(15)20-2)11-18-14-6-4-3-5-13(14)10-17/h3-9,11H,1-2H3. The highest BCUT2D eigenvalue weighted by atomic mass is 16.5. The summed E-state index contributed by atoms with van der Waals surface area (Å²) in [5.74, 6) is 1.31. The number of rotatable bonds is 4. The molecule has 0 heterocycles. The van der Waals surface area contributed by atoms with Gasteiger partial charge in [-0.15, -0.1) is 0 Å². The first kappa shape index (κ1) is 13.6. The summed E-state index contributed by atoms with van der Waals surface area (Å²) >= 11 is 0. The molecule has 4 heteroatoms. The first-order valence-electron chi connectivity index (χ1n) is 6.03. The van der Waals surface area contributed by atoms with Crippen molar-refractivity contribution in [2.75, 3.05) is 14.2 Å². The van der Waals surface area contributed by atoms with Crippen molar-refractivity contribution in [1.29, 1.82) is 5.26 Å². The first-order valence-corrected chi connectivity index (χ1v) is 6.03. The Morgan fingerprint density at radius 3 is 2.50 bits per heavy atom. The molecule has 4 nitrogen and oxygen atoms in total. The maximum absolute atomic E-state index is 9.01. The van der Waals surface area contributed by atoms with Crippen LogP contribution in [0.1, 0.15) is 11.1 Å². The van der Waals surface area contributed by atoms with Crippen LogP contribution in [-0.4, -0.2) is 20.4 Å². The fraction of sp³-hybridized carbons (Fsp3) is 0.125. The van der Waals surface area contributed by atoms with E-state index in [0.717, 1.165) is 5.56 Å². The van der Waals surface area contributed by atoms with Gasteiger partial charge >= 0.3 is 0 Å². The Bertz CT molecular complexity index is 672. The van der Waals surface area contributed by atoms with Gasteiger partial charge in [0.05, 0.1) is 25.5 Å². The monoisotopic (exact) mass is 266 g/mol. The zero-order chi connectivity index (χ0) is 14.4. The van der Waals surface area contributed by atoms with Gasteiger partial charge < -0.3 is 9.47 Å². The van der Waals surface area contributed by atoms with Crippen LogP contribution in [-0.2, 0) is 0 Å². The Labute approximate surface area is 117 Å². The minimum Gasteiger partial charge on any atom is -0.493 e. The van der Waals surface area contributed by atoms with Gasteiger partial charge in [0.25, 0.3) is 0 Å². The average molecular weight is 266 g/mol. The van der Waals surface area contributed by atoms with Gasteiger partial charge in [0, 0.05) is 6.21 Å². The van der Waals surface area contributed by atoms with Crippen molar-refractivity contribution in [1.82, 2.24) is 0 Å². The van der Waals surface area contributed by atoms with Crippen LogP contribution in [0.4, 0.5) is 5.69 Å². The molecular weight excluding hydrogens is 252 g/mol. The van der Waals surface area contributed by atoms with E-state index in [1.807, 2.05) is 30.3 Å². The third-order valence-electron chi connectivity index (χ3n) is 2.78. The highest BCUT2D eigenvalue weighted by Gasteiger charge is 2.03. The van der Waals surface area contributed by atoms with Crippen LogP contribution >= 0.6 is 0 Å². The van der Waals surface area contributed by atoms with E-state index in [0.29, 0.717) is 22.7 Å². The summed E-state index contributed by atoms with van der Waals surface area (Å²) in [6.45, 7) is 0. The summed E-state index contributed by atoms with van der Waals surface area (Å²) < 4.78 is 10.4. The fourth-order valence-electron chi connectivity index (χ4n) is 1.76. The number of nitrogens with zero attached hydrogens (tertiary/aromatic N) is 2. The lowest BCUT2D eigenvalue weighted by molar-refractivity contribution is 0.355. The molecule has 0 aromatic heterocycles. The maximum atomic E-state index is 9.01. The number of hydrogen-bond donors (Lipinski definition) is 0. The van der Waals surface area contributed by atoms with Crippen molar-refractivity contribution < 1.29 is 9.47 Å². The van der Waals surface area contributed by atoms with E-state index in [4.69, 9.17) is 14.7 Å². The predicted octanol–water partition coefficient (Wildman–Crippen LogP) is 3.33. The van der Waals surface area contributed by atoms with E-state index in [9.17, 15) is 0 Å². The molecule has 0 N–H and O–H groups in total. The predicted molar refractivity (Wildman–Crippen MR) is 78.0 cm³/mol. The molecule has 0 atom stereocenters. The number of nitriles is 1. The zero-order valence-electron chi connectivity index (χ0n) is 11.3. The van der Waals surface area contributed by atoms with Gasteiger partial charge in [0.1, 0.15) is 6.07 Å². The van der Waals surface area contributed by atoms with E-state index in [-0.39, 0.29) is 0 Å². The van der Waals surface area contributed by atoms with E-state index >= 15 is 0 Å². The molecule has 20 heavy (non-hydrogen) atoms. The quantitative estimate of drug-likeness (QED) is 0.797. The summed E-state index contributed by atoms with van der Waals surface area (Å²) in [5, 5.41) is 9.01. The highest BCUT2D eigenvalue weighted by molar-refractivity contribution is 5.83. The van der Waals surface area contributed by atoms with Gasteiger partial charge in [-0.3, -0.25) is 4.99 Å². The van der Waals surface area contributed by atoms with Crippen molar-refractivity contribution in [3.8, 4) is 17.6 Å². The van der Waals surface area contributed by atoms with Crippen LogP contribution in [0.2, 0.25) is 0 Å². The first-order chi connectivity index (χ1) is 9.78. The third-order valence-corrected chi connectivity index (χ3v) is 2.78. The SMILES string of the molecule is COc1ccc(C=Nc2ccccc2C#N)cc1OC. The van der Waals surface area contributed by atoms with Crippen molar-refractivity contribution >= 4 is 11.9 Å². The van der Waals surface area contributed by atoms with Crippen LogP contribution < -0.4 is 9.47 Å². The van der Waals surface area contributed by atoms with E-state index in [2.05, 4.69) is 11.1 Å². The van der Waals surface area contributed by atoms with Crippen molar-refractivity contribution in [2.45, 2.75) is 0 Å². The van der Waals surface area contributed by atoms with Gasteiger partial charge in [-0.2, -0.15) is 5.26 Å². The van der Waals surface area contributed by atoms with Crippen LogP contribution in [0.5, 0.6) is 11.5 Å². The molecule has 2 aromatic rings. The lowest BCUT2D eigenvalue weighted by Crippen LogP contribution is -1.92. The van der Waals surface area contributed by atoms with Crippen LogP contribution in [0.3, 0.4) is 0 Å². The number of aliphatic imine (C=N–C) groups is 1. The van der Waals surface area contributed by atoms with Crippen molar-refractivity contribution in [3.05, 3.63) is 53.6 Å². The second-order valence-corrected chi connectivity index (χ2v) is 4.00. The van der Waals surface area contributed by atoms with E-state index in [1.54, 1.807) is 32.6 Å². The summed E-state index contributed by atoms with van der Waals surface area (Å²) in [7, 11) is 3.18. The van der Waals surface area contributed by atoms with Crippen LogP contribution in [0.25, 0.3) is 0 Å². The topological polar surface area (TPSA) is 54.6 Å². The molecule has 0 aliphatic rings. The van der Waals surface area contributed by atoms with Crippen molar-refractivity contribution in [2.24, 2.45) is 4.99 Å². The van der Waals surface area contributed by atoms with Crippen LogP contribution in [0, 0.1) is 11.3 Å². The number of ether oxygens (including phenoxy) is 2. The summed E-state index contributed by atoms with van der Waals surface area (Å²) in [4.78, 5) is 4.33. The summed E-state index contributed by atoms with van der Waals surface area (Å²) in [5.41, 5.74) is 2.06. The smallest absolute Gasteiger partial charge is 0.161 e. The number of benzene rings is 2. The second kappa shape index (κ2) is 6.39. The molecule has 0 saturated heterocycles. The van der Waals surface area contributed by atoms with Gasteiger partial charge in [0.2, 0.25) is 0 Å². The Hall–Kier alpha value is -2.80. The van der Waals surface area contributed by atoms with E-state index < -0.39 is 0 Å². The third kappa shape index (κ3) is 2.96. The average Bonchev–Trinajstić information content (AvgIpc) is 2.52. The number of methoxy groups -OCH3 is 2. The van der Waals surface area contributed by atoms with Gasteiger partial charge in [-0.25, -0.2) is 0 Å². The molecule has 0 saturated carbocycles. The van der Waals surface area contributed by atoms with Gasteiger partial charge in [0.15, 0.2) is 11.5 Å². The van der Waals surface area contributed by atoms with E-state index in [1.165, 1.54) is 0 Å². The molecule has 0 unspecified atom stereocenters.